The first kappa shape index (κ1) is 63.4. The first-order chi connectivity index (χ1) is 31.9. The van der Waals surface area contributed by atoms with Gasteiger partial charge in [0.05, 0.1) is 52.9 Å². The summed E-state index contributed by atoms with van der Waals surface area (Å²) in [6, 6.07) is 14.9. The minimum Gasteiger partial charge on any atom is -0.464 e. The van der Waals surface area contributed by atoms with E-state index in [0.717, 1.165) is 33.9 Å². The number of rotatable bonds is 13. The lowest BCUT2D eigenvalue weighted by Gasteiger charge is -2.01. The maximum Gasteiger partial charge on any atom is 0.413 e. The van der Waals surface area contributed by atoms with Gasteiger partial charge in [0.15, 0.2) is 0 Å². The summed E-state index contributed by atoms with van der Waals surface area (Å²) in [5.41, 5.74) is 9.90. The number of carbonyl (C=O) groups excluding carboxylic acids is 2. The number of ether oxygens (including phenoxy) is 4. The fourth-order valence-corrected chi connectivity index (χ4v) is 5.39. The molecule has 0 atom stereocenters. The molecule has 4 heterocycles. The number of pyridine rings is 4. The lowest BCUT2D eigenvalue weighted by atomic mass is 10.3. The number of aliphatic hydroxyl groups is 3. The van der Waals surface area contributed by atoms with Crippen molar-refractivity contribution in [3.63, 3.8) is 0 Å². The quantitative estimate of drug-likeness (QED) is 0.0222. The second kappa shape index (κ2) is 46.9. The topological polar surface area (TPSA) is 220 Å². The Labute approximate surface area is 428 Å². The zero-order valence-electron chi connectivity index (χ0n) is 36.1. The van der Waals surface area contributed by atoms with Gasteiger partial charge in [0.25, 0.3) is 0 Å². The first-order valence-corrected chi connectivity index (χ1v) is 23.3. The summed E-state index contributed by atoms with van der Waals surface area (Å²) in [6.07, 6.45) is 14.4. The van der Waals surface area contributed by atoms with Gasteiger partial charge in [-0.05, 0) is 96.1 Å². The summed E-state index contributed by atoms with van der Waals surface area (Å²) < 4.78 is 24.0. The van der Waals surface area contributed by atoms with Crippen molar-refractivity contribution in [3.8, 4) is 47.9 Å². The number of aliphatic hydroxyl groups excluding tert-OH is 3. The van der Waals surface area contributed by atoms with Crippen molar-refractivity contribution < 1.29 is 48.6 Å². The maximum atomic E-state index is 10.9. The number of hydrogen-bond donors (Lipinski definition) is 3. The van der Waals surface area contributed by atoms with E-state index in [9.17, 15) is 9.59 Å². The molecule has 0 aromatic carbocycles. The molecule has 0 spiro atoms. The molecular formula is C46H49Br5N6O9. The highest BCUT2D eigenvalue weighted by Crippen LogP contribution is 2.13. The van der Waals surface area contributed by atoms with Crippen molar-refractivity contribution in [2.24, 2.45) is 0 Å². The van der Waals surface area contributed by atoms with Gasteiger partial charge < -0.3 is 39.8 Å². The molecule has 4 aromatic rings. The van der Waals surface area contributed by atoms with Crippen LogP contribution in [-0.4, -0.2) is 118 Å². The normalized spacial score (nSPS) is 8.80. The lowest BCUT2D eigenvalue weighted by molar-refractivity contribution is -0.148. The second-order valence-corrected chi connectivity index (χ2v) is 15.6. The van der Waals surface area contributed by atoms with Gasteiger partial charge in [0.2, 0.25) is 0 Å². The molecule has 0 radical (unpaired) electrons. The van der Waals surface area contributed by atoms with E-state index in [0.29, 0.717) is 70.6 Å². The van der Waals surface area contributed by atoms with Crippen molar-refractivity contribution in [3.05, 3.63) is 118 Å². The number of nitrogens with zero attached hydrogens (tertiary/aromatic N) is 6. The average molecular weight is 1230 g/mol. The molecule has 4 aromatic heterocycles. The summed E-state index contributed by atoms with van der Waals surface area (Å²) in [5.74, 6) is 18.6. The fraction of sp³-hybridized carbons (Fsp3) is 0.326. The van der Waals surface area contributed by atoms with Crippen LogP contribution < -0.4 is 0 Å². The van der Waals surface area contributed by atoms with Crippen molar-refractivity contribution in [1.29, 1.82) is 0 Å². The molecule has 0 aliphatic heterocycles. The van der Waals surface area contributed by atoms with Crippen LogP contribution in [0.4, 0.5) is 0 Å². The fourth-order valence-electron chi connectivity index (χ4n) is 3.38. The van der Waals surface area contributed by atoms with E-state index in [1.165, 1.54) is 0 Å². The zero-order valence-corrected chi connectivity index (χ0v) is 44.1. The number of hydrogen-bond acceptors (Lipinski definition) is 13. The number of terminal acetylenes is 1. The molecular weight excluding hydrogens is 1180 g/mol. The molecule has 0 saturated carbocycles. The third kappa shape index (κ3) is 43.3. The Morgan fingerprint density at radius 3 is 1.42 bits per heavy atom. The average Bonchev–Trinajstić information content (AvgIpc) is 3.28. The molecule has 4 rings (SSSR count). The SMILES string of the molecule is Brc1ccnc(Br)c1.C#CCCO.CCOC(=O)C=[N+]=[N-].CCOC(=O)COCCC#Cc1cc(Br)ccn1.OCCC#Cc1cc(Br)ccn1.OCCOCCC#Cc1cc(Br)ccn1. The van der Waals surface area contributed by atoms with E-state index in [4.69, 9.17) is 41.5 Å². The van der Waals surface area contributed by atoms with E-state index in [1.54, 1.807) is 38.6 Å². The Balaban J connectivity index is 0. The highest BCUT2D eigenvalue weighted by molar-refractivity contribution is 9.11. The molecule has 0 saturated heterocycles. The van der Waals surface area contributed by atoms with E-state index in [-0.39, 0.29) is 32.4 Å². The Bertz CT molecular complexity index is 2230. The summed E-state index contributed by atoms with van der Waals surface area (Å²) in [7, 11) is 0. The summed E-state index contributed by atoms with van der Waals surface area (Å²) in [6.45, 7) is 5.65. The Hall–Kier alpha value is -4.64. The van der Waals surface area contributed by atoms with Gasteiger partial charge in [-0.25, -0.2) is 29.5 Å². The van der Waals surface area contributed by atoms with Crippen LogP contribution in [0, 0.1) is 47.9 Å². The molecule has 0 aliphatic carbocycles. The number of halogens is 5. The summed E-state index contributed by atoms with van der Waals surface area (Å²) in [4.78, 5) is 39.6. The minimum absolute atomic E-state index is 0.0232. The molecule has 15 nitrogen and oxygen atoms in total. The molecule has 352 valence electrons. The van der Waals surface area contributed by atoms with Gasteiger partial charge in [0, 0.05) is 68.4 Å². The van der Waals surface area contributed by atoms with E-state index < -0.39 is 5.97 Å². The Morgan fingerprint density at radius 1 is 0.636 bits per heavy atom. The highest BCUT2D eigenvalue weighted by atomic mass is 79.9. The number of aromatic nitrogens is 4. The Morgan fingerprint density at radius 2 is 1.08 bits per heavy atom. The van der Waals surface area contributed by atoms with Crippen LogP contribution in [0.5, 0.6) is 0 Å². The second-order valence-electron chi connectivity index (χ2n) is 11.1. The molecule has 0 aliphatic rings. The predicted molar refractivity (Wildman–Crippen MR) is 269 cm³/mol. The molecule has 0 fully saturated rings. The molecule has 3 N–H and O–H groups in total. The van der Waals surface area contributed by atoms with Crippen molar-refractivity contribution in [2.45, 2.75) is 39.5 Å². The van der Waals surface area contributed by atoms with Crippen LogP contribution in [0.15, 0.2) is 95.8 Å². The van der Waals surface area contributed by atoms with Gasteiger partial charge >= 0.3 is 18.2 Å². The van der Waals surface area contributed by atoms with Gasteiger partial charge in [-0.3, -0.25) is 0 Å². The van der Waals surface area contributed by atoms with Crippen molar-refractivity contribution >= 4 is 97.8 Å². The molecule has 66 heavy (non-hydrogen) atoms. The van der Waals surface area contributed by atoms with Crippen LogP contribution in [0.3, 0.4) is 0 Å². The lowest BCUT2D eigenvalue weighted by Crippen LogP contribution is -2.12. The maximum absolute atomic E-state index is 10.9. The van der Waals surface area contributed by atoms with Crippen molar-refractivity contribution in [1.82, 2.24) is 19.9 Å². The number of esters is 2. The molecule has 0 amide bonds. The standard InChI is InChI=1S/C13H14BrNO3.C11H12BrNO2.C9H8BrNO.C5H3Br2N.C4H6N2O2.C4H6O/c1-2-18-13(16)10-17-8-4-3-5-12-9-11(14)6-7-15-12;12-10-4-5-13-11(9-10)3-1-2-7-15-8-6-14;10-8-4-5-11-9(7-8)3-1-2-6-12;6-4-1-2-8-5(7)3-4;1-2-8-4(7)3-6-5;1-2-3-4-5/h6-7,9H,2,4,8,10H2,1H3;4-5,9,14H,2,6-8H2;4-5,7,12H,2,6H2;1-3H;3H,2H2,1H3;1,5H,3-4H2. The van der Waals surface area contributed by atoms with Gasteiger partial charge in [-0.2, -0.15) is 4.79 Å². The Kier molecular flexibility index (Phi) is 45.1. The van der Waals surface area contributed by atoms with E-state index in [1.807, 2.05) is 48.5 Å². The summed E-state index contributed by atoms with van der Waals surface area (Å²) >= 11 is 16.5. The zero-order chi connectivity index (χ0) is 49.5. The number of carbonyl (C=O) groups is 2. The van der Waals surface area contributed by atoms with Gasteiger partial charge in [0.1, 0.15) is 28.3 Å². The van der Waals surface area contributed by atoms with Gasteiger partial charge in [-0.15, -0.1) is 12.3 Å². The van der Waals surface area contributed by atoms with Crippen LogP contribution in [0.25, 0.3) is 5.53 Å². The van der Waals surface area contributed by atoms with Crippen LogP contribution >= 0.6 is 79.6 Å². The monoisotopic (exact) mass is 1220 g/mol. The molecule has 20 heteroatoms. The molecule has 0 bridgehead atoms. The molecule has 0 unspecified atom stereocenters. The summed E-state index contributed by atoms with van der Waals surface area (Å²) in [5, 5.41) is 24.8. The third-order valence-electron chi connectivity index (χ3n) is 5.95. The van der Waals surface area contributed by atoms with Crippen molar-refractivity contribution in [2.75, 3.05) is 59.5 Å². The van der Waals surface area contributed by atoms with Gasteiger partial charge in [-0.1, -0.05) is 81.5 Å². The first-order valence-electron chi connectivity index (χ1n) is 19.4. The minimum atomic E-state index is -0.630. The van der Waals surface area contributed by atoms with E-state index >= 15 is 0 Å². The van der Waals surface area contributed by atoms with Crippen LogP contribution in [-0.2, 0) is 28.5 Å². The van der Waals surface area contributed by atoms with Crippen LogP contribution in [0.2, 0.25) is 0 Å². The van der Waals surface area contributed by atoms with Crippen LogP contribution in [0.1, 0.15) is 56.6 Å². The predicted octanol–water partition coefficient (Wildman–Crippen LogP) is 7.80. The smallest absolute Gasteiger partial charge is 0.413 e. The highest BCUT2D eigenvalue weighted by Gasteiger charge is 2.00. The largest absolute Gasteiger partial charge is 0.464 e. The third-order valence-corrected chi connectivity index (χ3v) is 8.36. The van der Waals surface area contributed by atoms with E-state index in [2.05, 4.69) is 151 Å².